The number of benzene rings is 1. The van der Waals surface area contributed by atoms with Crippen LogP contribution in [0, 0.1) is 6.92 Å². The van der Waals surface area contributed by atoms with Gasteiger partial charge in [0.25, 0.3) is 0 Å². The van der Waals surface area contributed by atoms with Crippen LogP contribution in [-0.4, -0.2) is 12.2 Å². The maximum absolute atomic E-state index is 11.1. The molecule has 0 saturated carbocycles. The van der Waals surface area contributed by atoms with Crippen molar-refractivity contribution in [2.24, 2.45) is 5.73 Å². The van der Waals surface area contributed by atoms with Gasteiger partial charge in [-0.15, -0.1) is 11.3 Å². The van der Waals surface area contributed by atoms with Gasteiger partial charge in [-0.2, -0.15) is 0 Å². The van der Waals surface area contributed by atoms with Crippen LogP contribution in [0.2, 0.25) is 0 Å². The number of primary amides is 1. The van der Waals surface area contributed by atoms with Crippen molar-refractivity contribution < 1.29 is 9.59 Å². The lowest BCUT2D eigenvalue weighted by Gasteiger charge is -2.04. The van der Waals surface area contributed by atoms with E-state index in [0.717, 1.165) is 23.0 Å². The van der Waals surface area contributed by atoms with E-state index in [2.05, 4.69) is 0 Å². The van der Waals surface area contributed by atoms with Gasteiger partial charge >= 0.3 is 0 Å². The average Bonchev–Trinajstić information content (AvgIpc) is 2.70. The van der Waals surface area contributed by atoms with Crippen molar-refractivity contribution in [2.45, 2.75) is 6.92 Å². The Morgan fingerprint density at radius 1 is 1.41 bits per heavy atom. The second kappa shape index (κ2) is 4.51. The molecule has 1 aromatic carbocycles. The molecule has 0 aliphatic heterocycles. The first kappa shape index (κ1) is 11.5. The molecule has 1 heterocycles. The van der Waals surface area contributed by atoms with Crippen LogP contribution >= 0.6 is 11.3 Å². The van der Waals surface area contributed by atoms with E-state index in [1.165, 1.54) is 11.3 Å². The van der Waals surface area contributed by atoms with Crippen molar-refractivity contribution in [2.75, 3.05) is 0 Å². The van der Waals surface area contributed by atoms with Crippen LogP contribution in [0.4, 0.5) is 0 Å². The van der Waals surface area contributed by atoms with Crippen LogP contribution in [0.1, 0.15) is 25.6 Å². The van der Waals surface area contributed by atoms with Crippen molar-refractivity contribution in [3.05, 3.63) is 45.6 Å². The van der Waals surface area contributed by atoms with E-state index in [4.69, 9.17) is 5.73 Å². The molecule has 0 atom stereocenters. The smallest absolute Gasteiger partial charge is 0.248 e. The Labute approximate surface area is 103 Å². The van der Waals surface area contributed by atoms with Gasteiger partial charge in [-0.25, -0.2) is 0 Å². The topological polar surface area (TPSA) is 60.2 Å². The van der Waals surface area contributed by atoms with Crippen LogP contribution in [0.15, 0.2) is 29.6 Å². The summed E-state index contributed by atoms with van der Waals surface area (Å²) in [5.41, 5.74) is 8.45. The fourth-order valence-electron chi connectivity index (χ4n) is 1.75. The summed E-state index contributed by atoms with van der Waals surface area (Å²) in [6, 6.07) is 7.01. The molecule has 0 bridgehead atoms. The standard InChI is InChI=1S/C13H11NO2S/c1-8-7-17-11(6-15)12(8)9-3-2-4-10(5-9)13(14)16/h2-7H,1H3,(H2,14,16). The van der Waals surface area contributed by atoms with E-state index in [1.54, 1.807) is 18.2 Å². The number of rotatable bonds is 3. The van der Waals surface area contributed by atoms with Gasteiger partial charge < -0.3 is 5.73 Å². The quantitative estimate of drug-likeness (QED) is 0.845. The molecule has 17 heavy (non-hydrogen) atoms. The van der Waals surface area contributed by atoms with Crippen molar-refractivity contribution in [1.29, 1.82) is 0 Å². The number of carbonyl (C=O) groups excluding carboxylic acids is 2. The fraction of sp³-hybridized carbons (Fsp3) is 0.0769. The predicted octanol–water partition coefficient (Wildman–Crippen LogP) is 2.63. The molecule has 0 unspecified atom stereocenters. The van der Waals surface area contributed by atoms with Crippen LogP contribution in [0.25, 0.3) is 11.1 Å². The summed E-state index contributed by atoms with van der Waals surface area (Å²) >= 11 is 1.40. The molecule has 1 amide bonds. The first-order valence-electron chi connectivity index (χ1n) is 5.07. The third kappa shape index (κ3) is 2.12. The molecule has 4 heteroatoms. The number of amides is 1. The fourth-order valence-corrected chi connectivity index (χ4v) is 2.62. The van der Waals surface area contributed by atoms with Crippen LogP contribution in [-0.2, 0) is 0 Å². The first-order chi connectivity index (χ1) is 8.13. The Kier molecular flexibility index (Phi) is 3.06. The number of nitrogens with two attached hydrogens (primary N) is 1. The molecule has 2 N–H and O–H groups in total. The van der Waals surface area contributed by atoms with E-state index >= 15 is 0 Å². The Balaban J connectivity index is 2.60. The van der Waals surface area contributed by atoms with Crippen molar-refractivity contribution in [3.8, 4) is 11.1 Å². The van der Waals surface area contributed by atoms with E-state index < -0.39 is 5.91 Å². The van der Waals surface area contributed by atoms with Gasteiger partial charge in [-0.1, -0.05) is 12.1 Å². The molecular weight excluding hydrogens is 234 g/mol. The zero-order valence-corrected chi connectivity index (χ0v) is 10.1. The van der Waals surface area contributed by atoms with Gasteiger partial charge in [0.1, 0.15) is 0 Å². The lowest BCUT2D eigenvalue weighted by Crippen LogP contribution is -2.10. The predicted molar refractivity (Wildman–Crippen MR) is 68.4 cm³/mol. The molecule has 2 aromatic rings. The maximum Gasteiger partial charge on any atom is 0.248 e. The van der Waals surface area contributed by atoms with Gasteiger partial charge in [0.05, 0.1) is 4.88 Å². The van der Waals surface area contributed by atoms with Crippen molar-refractivity contribution >= 4 is 23.5 Å². The van der Waals surface area contributed by atoms with Gasteiger partial charge in [-0.3, -0.25) is 9.59 Å². The largest absolute Gasteiger partial charge is 0.366 e. The second-order valence-electron chi connectivity index (χ2n) is 3.72. The van der Waals surface area contributed by atoms with E-state index in [1.807, 2.05) is 18.4 Å². The molecule has 86 valence electrons. The zero-order chi connectivity index (χ0) is 12.4. The number of aldehydes is 1. The van der Waals surface area contributed by atoms with Crippen molar-refractivity contribution in [3.63, 3.8) is 0 Å². The summed E-state index contributed by atoms with van der Waals surface area (Å²) < 4.78 is 0. The summed E-state index contributed by atoms with van der Waals surface area (Å²) in [6.45, 7) is 1.94. The molecular formula is C13H11NO2S. The van der Waals surface area contributed by atoms with Gasteiger partial charge in [-0.05, 0) is 35.6 Å². The Hall–Kier alpha value is -1.94. The monoisotopic (exact) mass is 245 g/mol. The minimum Gasteiger partial charge on any atom is -0.366 e. The minimum absolute atomic E-state index is 0.449. The minimum atomic E-state index is -0.465. The molecule has 0 fully saturated rings. The highest BCUT2D eigenvalue weighted by Crippen LogP contribution is 2.31. The molecule has 2 rings (SSSR count). The van der Waals surface area contributed by atoms with Crippen LogP contribution < -0.4 is 5.73 Å². The van der Waals surface area contributed by atoms with Crippen molar-refractivity contribution in [1.82, 2.24) is 0 Å². The number of thiophene rings is 1. The third-order valence-electron chi connectivity index (χ3n) is 2.55. The van der Waals surface area contributed by atoms with E-state index in [9.17, 15) is 9.59 Å². The molecule has 0 saturated heterocycles. The Morgan fingerprint density at radius 3 is 2.82 bits per heavy atom. The SMILES string of the molecule is Cc1csc(C=O)c1-c1cccc(C(N)=O)c1. The van der Waals surface area contributed by atoms with Gasteiger partial charge in [0.2, 0.25) is 5.91 Å². The maximum atomic E-state index is 11.1. The Bertz CT molecular complexity index is 587. The first-order valence-corrected chi connectivity index (χ1v) is 5.95. The normalized spacial score (nSPS) is 10.2. The molecule has 0 aliphatic carbocycles. The highest BCUT2D eigenvalue weighted by atomic mass is 32.1. The molecule has 0 spiro atoms. The summed E-state index contributed by atoms with van der Waals surface area (Å²) in [4.78, 5) is 22.7. The summed E-state index contributed by atoms with van der Waals surface area (Å²) in [6.07, 6.45) is 0.837. The summed E-state index contributed by atoms with van der Waals surface area (Å²) in [5.74, 6) is -0.465. The molecule has 3 nitrogen and oxygen atoms in total. The van der Waals surface area contributed by atoms with Crippen LogP contribution in [0.5, 0.6) is 0 Å². The third-order valence-corrected chi connectivity index (χ3v) is 3.57. The molecule has 0 aliphatic rings. The highest BCUT2D eigenvalue weighted by molar-refractivity contribution is 7.12. The number of aryl methyl sites for hydroxylation is 1. The second-order valence-corrected chi connectivity index (χ2v) is 4.63. The lowest BCUT2D eigenvalue weighted by atomic mass is 10.0. The highest BCUT2D eigenvalue weighted by Gasteiger charge is 2.11. The van der Waals surface area contributed by atoms with Gasteiger partial charge in [0, 0.05) is 11.1 Å². The van der Waals surface area contributed by atoms with Gasteiger partial charge in [0.15, 0.2) is 6.29 Å². The Morgan fingerprint density at radius 2 is 2.18 bits per heavy atom. The van der Waals surface area contributed by atoms with E-state index in [0.29, 0.717) is 10.4 Å². The number of carbonyl (C=O) groups is 2. The summed E-state index contributed by atoms with van der Waals surface area (Å²) in [7, 11) is 0. The number of hydrogen-bond acceptors (Lipinski definition) is 3. The number of hydrogen-bond donors (Lipinski definition) is 1. The average molecular weight is 245 g/mol. The van der Waals surface area contributed by atoms with E-state index in [-0.39, 0.29) is 0 Å². The molecule has 0 radical (unpaired) electrons. The molecule has 1 aromatic heterocycles. The zero-order valence-electron chi connectivity index (χ0n) is 9.27. The lowest BCUT2D eigenvalue weighted by molar-refractivity contribution is 0.1000. The summed E-state index contributed by atoms with van der Waals surface area (Å²) in [5, 5.41) is 1.93. The van der Waals surface area contributed by atoms with Crippen LogP contribution in [0.3, 0.4) is 0 Å².